The number of hydrogen-bond acceptors (Lipinski definition) is 3. The van der Waals surface area contributed by atoms with Gasteiger partial charge in [0.1, 0.15) is 5.75 Å². The van der Waals surface area contributed by atoms with E-state index in [1.807, 2.05) is 41.2 Å². The number of aromatic nitrogens is 2. The first kappa shape index (κ1) is 18.8. The summed E-state index contributed by atoms with van der Waals surface area (Å²) in [5.74, 6) is 2.20. The summed E-state index contributed by atoms with van der Waals surface area (Å²) in [6.45, 7) is 9.97. The van der Waals surface area contributed by atoms with Crippen molar-refractivity contribution in [3.63, 3.8) is 0 Å². The van der Waals surface area contributed by atoms with Gasteiger partial charge < -0.3 is 15.4 Å². The minimum atomic E-state index is 0.356. The second-order valence-electron chi connectivity index (χ2n) is 6.32. The molecule has 0 spiro atoms. The van der Waals surface area contributed by atoms with Gasteiger partial charge in [-0.1, -0.05) is 13.8 Å². The van der Waals surface area contributed by atoms with Crippen molar-refractivity contribution in [2.45, 2.75) is 40.3 Å². The van der Waals surface area contributed by atoms with Crippen LogP contribution < -0.4 is 15.4 Å². The summed E-state index contributed by atoms with van der Waals surface area (Å²) in [5.41, 5.74) is 1.92. The number of rotatable bonds is 7. The van der Waals surface area contributed by atoms with E-state index in [1.54, 1.807) is 7.11 Å². The maximum atomic E-state index is 5.19. The van der Waals surface area contributed by atoms with Gasteiger partial charge in [0.05, 0.1) is 25.0 Å². The van der Waals surface area contributed by atoms with Crippen LogP contribution >= 0.6 is 0 Å². The van der Waals surface area contributed by atoms with Crippen molar-refractivity contribution in [1.82, 2.24) is 20.4 Å². The highest BCUT2D eigenvalue weighted by Gasteiger charge is 2.09. The molecular weight excluding hydrogens is 314 g/mol. The van der Waals surface area contributed by atoms with E-state index in [9.17, 15) is 0 Å². The molecule has 1 aromatic carbocycles. The summed E-state index contributed by atoms with van der Waals surface area (Å²) in [6.07, 6.45) is 1.95. The minimum absolute atomic E-state index is 0.356. The highest BCUT2D eigenvalue weighted by molar-refractivity contribution is 5.80. The smallest absolute Gasteiger partial charge is 0.191 e. The van der Waals surface area contributed by atoms with Crippen molar-refractivity contribution in [2.24, 2.45) is 10.9 Å². The zero-order valence-corrected chi connectivity index (χ0v) is 15.8. The lowest BCUT2D eigenvalue weighted by atomic mass is 10.1. The van der Waals surface area contributed by atoms with Gasteiger partial charge in [0, 0.05) is 18.8 Å². The minimum Gasteiger partial charge on any atom is -0.497 e. The molecule has 6 heteroatoms. The average molecular weight is 343 g/mol. The SMILES string of the molecule is CCNC(=NCc1ccn(-c2ccc(OC)cc2)n1)NC(C)C(C)C. The molecule has 1 heterocycles. The van der Waals surface area contributed by atoms with Crippen LogP contribution in [0, 0.1) is 5.92 Å². The molecule has 0 bridgehead atoms. The largest absolute Gasteiger partial charge is 0.497 e. The van der Waals surface area contributed by atoms with Crippen molar-refractivity contribution in [3.05, 3.63) is 42.2 Å². The third kappa shape index (κ3) is 5.52. The molecule has 0 saturated carbocycles. The van der Waals surface area contributed by atoms with Crippen molar-refractivity contribution in [2.75, 3.05) is 13.7 Å². The fourth-order valence-electron chi connectivity index (χ4n) is 2.19. The van der Waals surface area contributed by atoms with Gasteiger partial charge in [-0.2, -0.15) is 5.10 Å². The van der Waals surface area contributed by atoms with Gasteiger partial charge in [0.2, 0.25) is 0 Å². The summed E-state index contributed by atoms with van der Waals surface area (Å²) >= 11 is 0. The third-order valence-electron chi connectivity index (χ3n) is 4.09. The van der Waals surface area contributed by atoms with E-state index in [0.29, 0.717) is 18.5 Å². The average Bonchev–Trinajstić information content (AvgIpc) is 3.08. The van der Waals surface area contributed by atoms with Gasteiger partial charge in [-0.3, -0.25) is 0 Å². The summed E-state index contributed by atoms with van der Waals surface area (Å²) in [6, 6.07) is 10.2. The first-order chi connectivity index (χ1) is 12.0. The first-order valence-corrected chi connectivity index (χ1v) is 8.77. The van der Waals surface area contributed by atoms with E-state index in [1.165, 1.54) is 0 Å². The molecule has 136 valence electrons. The van der Waals surface area contributed by atoms with Crippen LogP contribution in [0.2, 0.25) is 0 Å². The molecule has 0 aliphatic rings. The number of nitrogens with zero attached hydrogens (tertiary/aromatic N) is 3. The second kappa shape index (κ2) is 9.11. The molecule has 2 rings (SSSR count). The molecule has 0 fully saturated rings. The monoisotopic (exact) mass is 343 g/mol. The lowest BCUT2D eigenvalue weighted by Crippen LogP contribution is -2.44. The van der Waals surface area contributed by atoms with E-state index in [-0.39, 0.29) is 0 Å². The number of hydrogen-bond donors (Lipinski definition) is 2. The van der Waals surface area contributed by atoms with Gasteiger partial charge in [-0.15, -0.1) is 0 Å². The predicted octanol–water partition coefficient (Wildman–Crippen LogP) is 2.98. The Hall–Kier alpha value is -2.50. The quantitative estimate of drug-likeness (QED) is 0.599. The van der Waals surface area contributed by atoms with Crippen LogP contribution in [0.5, 0.6) is 5.75 Å². The zero-order chi connectivity index (χ0) is 18.2. The molecule has 0 radical (unpaired) electrons. The van der Waals surface area contributed by atoms with Crippen molar-refractivity contribution >= 4 is 5.96 Å². The number of ether oxygens (including phenoxy) is 1. The van der Waals surface area contributed by atoms with Crippen LogP contribution in [-0.4, -0.2) is 35.4 Å². The Labute approximate surface area is 150 Å². The fourth-order valence-corrected chi connectivity index (χ4v) is 2.19. The normalized spacial score (nSPS) is 13.0. The topological polar surface area (TPSA) is 63.5 Å². The summed E-state index contributed by atoms with van der Waals surface area (Å²) in [7, 11) is 1.66. The van der Waals surface area contributed by atoms with Gasteiger partial charge in [0.15, 0.2) is 5.96 Å². The molecule has 0 amide bonds. The van der Waals surface area contributed by atoms with Gasteiger partial charge >= 0.3 is 0 Å². The maximum absolute atomic E-state index is 5.19. The molecule has 0 aliphatic heterocycles. The molecule has 2 aromatic rings. The summed E-state index contributed by atoms with van der Waals surface area (Å²) in [5, 5.41) is 11.3. The molecule has 6 nitrogen and oxygen atoms in total. The summed E-state index contributed by atoms with van der Waals surface area (Å²) in [4.78, 5) is 4.64. The third-order valence-corrected chi connectivity index (χ3v) is 4.09. The van der Waals surface area contributed by atoms with Gasteiger partial charge in [-0.05, 0) is 50.1 Å². The number of aliphatic imine (C=N–C) groups is 1. The molecule has 25 heavy (non-hydrogen) atoms. The Kier molecular flexibility index (Phi) is 6.86. The number of methoxy groups -OCH3 is 1. The zero-order valence-electron chi connectivity index (χ0n) is 15.8. The van der Waals surface area contributed by atoms with Crippen molar-refractivity contribution in [1.29, 1.82) is 0 Å². The molecular formula is C19H29N5O. The van der Waals surface area contributed by atoms with E-state index < -0.39 is 0 Å². The van der Waals surface area contributed by atoms with Crippen LogP contribution in [-0.2, 0) is 6.54 Å². The summed E-state index contributed by atoms with van der Waals surface area (Å²) < 4.78 is 7.03. The Morgan fingerprint density at radius 3 is 2.52 bits per heavy atom. The Morgan fingerprint density at radius 1 is 1.20 bits per heavy atom. The number of nitrogens with one attached hydrogen (secondary N) is 2. The van der Waals surface area contributed by atoms with Crippen molar-refractivity contribution < 1.29 is 4.74 Å². The number of benzene rings is 1. The number of guanidine groups is 1. The Morgan fingerprint density at radius 2 is 1.92 bits per heavy atom. The Balaban J connectivity index is 2.04. The van der Waals surface area contributed by atoms with Crippen LogP contribution in [0.25, 0.3) is 5.69 Å². The maximum Gasteiger partial charge on any atom is 0.191 e. The standard InChI is InChI=1S/C19H29N5O/c1-6-20-19(22-15(4)14(2)3)21-13-16-11-12-24(23-16)17-7-9-18(25-5)10-8-17/h7-12,14-15H,6,13H2,1-5H3,(H2,20,21,22). The predicted molar refractivity (Wildman–Crippen MR) is 102 cm³/mol. The van der Waals surface area contributed by atoms with Crippen LogP contribution in [0.3, 0.4) is 0 Å². The highest BCUT2D eigenvalue weighted by atomic mass is 16.5. The van der Waals surface area contributed by atoms with Gasteiger partial charge in [0.25, 0.3) is 0 Å². The van der Waals surface area contributed by atoms with Crippen LogP contribution in [0.15, 0.2) is 41.5 Å². The van der Waals surface area contributed by atoms with E-state index in [2.05, 4.69) is 48.4 Å². The molecule has 1 unspecified atom stereocenters. The van der Waals surface area contributed by atoms with E-state index in [0.717, 1.165) is 29.6 Å². The van der Waals surface area contributed by atoms with E-state index >= 15 is 0 Å². The lowest BCUT2D eigenvalue weighted by molar-refractivity contribution is 0.414. The van der Waals surface area contributed by atoms with Crippen LogP contribution in [0.1, 0.15) is 33.4 Å². The molecule has 1 atom stereocenters. The Bertz CT molecular complexity index is 675. The molecule has 1 aromatic heterocycles. The van der Waals surface area contributed by atoms with Crippen LogP contribution in [0.4, 0.5) is 0 Å². The van der Waals surface area contributed by atoms with E-state index in [4.69, 9.17) is 4.74 Å². The fraction of sp³-hybridized carbons (Fsp3) is 0.474. The van der Waals surface area contributed by atoms with Crippen molar-refractivity contribution in [3.8, 4) is 11.4 Å². The van der Waals surface area contributed by atoms with Gasteiger partial charge in [-0.25, -0.2) is 9.67 Å². The molecule has 0 saturated heterocycles. The highest BCUT2D eigenvalue weighted by Crippen LogP contribution is 2.14. The second-order valence-corrected chi connectivity index (χ2v) is 6.32. The molecule has 0 aliphatic carbocycles. The first-order valence-electron chi connectivity index (χ1n) is 8.77. The lowest BCUT2D eigenvalue weighted by Gasteiger charge is -2.20. The molecule has 2 N–H and O–H groups in total.